The summed E-state index contributed by atoms with van der Waals surface area (Å²) >= 11 is 0. The Morgan fingerprint density at radius 1 is 1.23 bits per heavy atom. The van der Waals surface area contributed by atoms with Crippen molar-refractivity contribution in [1.29, 1.82) is 0 Å². The predicted octanol–water partition coefficient (Wildman–Crippen LogP) is 2.51. The van der Waals surface area contributed by atoms with E-state index in [1.54, 1.807) is 7.11 Å². The lowest BCUT2D eigenvalue weighted by atomic mass is 10.1. The van der Waals surface area contributed by atoms with E-state index in [2.05, 4.69) is 44.8 Å². The maximum atomic E-state index is 5.23. The second-order valence-electron chi connectivity index (χ2n) is 7.72. The first-order chi connectivity index (χ1) is 14.6. The fourth-order valence-corrected chi connectivity index (χ4v) is 3.79. The van der Waals surface area contributed by atoms with Gasteiger partial charge in [-0.05, 0) is 57.0 Å². The van der Waals surface area contributed by atoms with E-state index in [0.717, 1.165) is 49.4 Å². The number of rotatable bonds is 9. The molecule has 172 valence electrons. The second-order valence-corrected chi connectivity index (χ2v) is 7.72. The Morgan fingerprint density at radius 2 is 2.00 bits per heavy atom. The first-order valence-electron chi connectivity index (χ1n) is 10.8. The Hall–Kier alpha value is -1.88. The highest BCUT2D eigenvalue weighted by molar-refractivity contribution is 14.0. The monoisotopic (exact) mass is 541 g/mol. The zero-order chi connectivity index (χ0) is 21.3. The Balaban J connectivity index is 0.00000341. The summed E-state index contributed by atoms with van der Waals surface area (Å²) in [6.45, 7) is 8.68. The number of aryl methyl sites for hydroxylation is 1. The van der Waals surface area contributed by atoms with E-state index in [4.69, 9.17) is 9.73 Å². The summed E-state index contributed by atoms with van der Waals surface area (Å²) < 4.78 is 7.21. The van der Waals surface area contributed by atoms with Crippen molar-refractivity contribution in [3.8, 4) is 5.75 Å². The van der Waals surface area contributed by atoms with Gasteiger partial charge in [0.05, 0.1) is 7.11 Å². The van der Waals surface area contributed by atoms with Gasteiger partial charge in [-0.2, -0.15) is 0 Å². The summed E-state index contributed by atoms with van der Waals surface area (Å²) in [6, 6.07) is 8.77. The van der Waals surface area contributed by atoms with Crippen LogP contribution in [0.1, 0.15) is 37.0 Å². The number of aromatic nitrogens is 3. The normalized spacial score (nSPS) is 16.8. The minimum absolute atomic E-state index is 0. The molecule has 0 amide bonds. The fraction of sp³-hybridized carbons (Fsp3) is 0.591. The van der Waals surface area contributed by atoms with Crippen LogP contribution in [0.3, 0.4) is 0 Å². The van der Waals surface area contributed by atoms with Gasteiger partial charge in [0.1, 0.15) is 18.1 Å². The summed E-state index contributed by atoms with van der Waals surface area (Å²) in [5.41, 5.74) is 1.26. The third-order valence-electron chi connectivity index (χ3n) is 5.84. The average molecular weight is 541 g/mol. The SMILES string of the molecule is CCN1CCCC1CNC(=NCc1nnc(C)n1C)NCCc1ccc(OC)cc1.I. The molecule has 1 aliphatic rings. The molecule has 31 heavy (non-hydrogen) atoms. The number of nitrogens with zero attached hydrogens (tertiary/aromatic N) is 5. The lowest BCUT2D eigenvalue weighted by molar-refractivity contribution is 0.267. The van der Waals surface area contributed by atoms with Crippen LogP contribution in [-0.4, -0.2) is 65.0 Å². The fourth-order valence-electron chi connectivity index (χ4n) is 3.79. The highest BCUT2D eigenvalue weighted by atomic mass is 127. The molecule has 0 radical (unpaired) electrons. The molecule has 1 fully saturated rings. The van der Waals surface area contributed by atoms with E-state index >= 15 is 0 Å². The number of likely N-dealkylation sites (N-methyl/N-ethyl adjacent to an activating group) is 1. The highest BCUT2D eigenvalue weighted by Crippen LogP contribution is 2.15. The number of methoxy groups -OCH3 is 1. The van der Waals surface area contributed by atoms with Crippen LogP contribution in [0.15, 0.2) is 29.3 Å². The van der Waals surface area contributed by atoms with Crippen LogP contribution >= 0.6 is 24.0 Å². The molecule has 1 saturated heterocycles. The van der Waals surface area contributed by atoms with Gasteiger partial charge in [-0.3, -0.25) is 4.90 Å². The van der Waals surface area contributed by atoms with E-state index in [1.807, 2.05) is 30.7 Å². The molecular weight excluding hydrogens is 505 g/mol. The molecule has 1 aliphatic heterocycles. The number of aliphatic imine (C=N–C) groups is 1. The smallest absolute Gasteiger partial charge is 0.191 e. The van der Waals surface area contributed by atoms with Crippen LogP contribution in [0.4, 0.5) is 0 Å². The molecular formula is C22H36IN7O. The maximum Gasteiger partial charge on any atom is 0.191 e. The van der Waals surface area contributed by atoms with E-state index in [1.165, 1.54) is 24.9 Å². The predicted molar refractivity (Wildman–Crippen MR) is 135 cm³/mol. The van der Waals surface area contributed by atoms with Gasteiger partial charge in [-0.1, -0.05) is 19.1 Å². The Bertz CT molecular complexity index is 822. The molecule has 0 bridgehead atoms. The van der Waals surface area contributed by atoms with Crippen molar-refractivity contribution in [1.82, 2.24) is 30.3 Å². The van der Waals surface area contributed by atoms with Crippen molar-refractivity contribution in [2.24, 2.45) is 12.0 Å². The van der Waals surface area contributed by atoms with Crippen molar-refractivity contribution in [2.45, 2.75) is 45.7 Å². The molecule has 1 aromatic heterocycles. The third kappa shape index (κ3) is 7.34. The summed E-state index contributed by atoms with van der Waals surface area (Å²) in [7, 11) is 3.66. The summed E-state index contributed by atoms with van der Waals surface area (Å²) in [5.74, 6) is 3.46. The first kappa shape index (κ1) is 25.4. The largest absolute Gasteiger partial charge is 0.497 e. The van der Waals surface area contributed by atoms with Crippen molar-refractivity contribution < 1.29 is 4.74 Å². The highest BCUT2D eigenvalue weighted by Gasteiger charge is 2.22. The lowest BCUT2D eigenvalue weighted by Gasteiger charge is -2.24. The molecule has 2 aromatic rings. The number of hydrogen-bond donors (Lipinski definition) is 2. The molecule has 1 atom stereocenters. The van der Waals surface area contributed by atoms with Gasteiger partial charge in [-0.25, -0.2) is 4.99 Å². The van der Waals surface area contributed by atoms with Crippen LogP contribution in [0.25, 0.3) is 0 Å². The van der Waals surface area contributed by atoms with Crippen LogP contribution in [-0.2, 0) is 20.0 Å². The van der Waals surface area contributed by atoms with Crippen LogP contribution < -0.4 is 15.4 Å². The summed E-state index contributed by atoms with van der Waals surface area (Å²) in [6.07, 6.45) is 3.43. The van der Waals surface area contributed by atoms with E-state index in [0.29, 0.717) is 12.6 Å². The minimum Gasteiger partial charge on any atom is -0.497 e. The quantitative estimate of drug-likeness (QED) is 0.289. The molecule has 0 saturated carbocycles. The average Bonchev–Trinajstić information content (AvgIpc) is 3.36. The Morgan fingerprint density at radius 3 is 2.65 bits per heavy atom. The molecule has 2 N–H and O–H groups in total. The lowest BCUT2D eigenvalue weighted by Crippen LogP contribution is -2.45. The number of hydrogen-bond acceptors (Lipinski definition) is 5. The third-order valence-corrected chi connectivity index (χ3v) is 5.84. The van der Waals surface area contributed by atoms with Gasteiger partial charge in [-0.15, -0.1) is 34.2 Å². The van der Waals surface area contributed by atoms with E-state index in [9.17, 15) is 0 Å². The number of guanidine groups is 1. The zero-order valence-corrected chi connectivity index (χ0v) is 21.4. The molecule has 2 heterocycles. The molecule has 0 spiro atoms. The van der Waals surface area contributed by atoms with Crippen LogP contribution in [0.5, 0.6) is 5.75 Å². The van der Waals surface area contributed by atoms with Gasteiger partial charge >= 0.3 is 0 Å². The van der Waals surface area contributed by atoms with Gasteiger partial charge in [0, 0.05) is 26.2 Å². The number of likely N-dealkylation sites (tertiary alicyclic amines) is 1. The van der Waals surface area contributed by atoms with Gasteiger partial charge in [0.2, 0.25) is 0 Å². The second kappa shape index (κ2) is 12.8. The molecule has 8 nitrogen and oxygen atoms in total. The summed E-state index contributed by atoms with van der Waals surface area (Å²) in [4.78, 5) is 7.31. The molecule has 1 aromatic carbocycles. The molecule has 0 aliphatic carbocycles. The first-order valence-corrected chi connectivity index (χ1v) is 10.8. The van der Waals surface area contributed by atoms with Crippen molar-refractivity contribution in [3.63, 3.8) is 0 Å². The van der Waals surface area contributed by atoms with Crippen LogP contribution in [0.2, 0.25) is 0 Å². The van der Waals surface area contributed by atoms with Crippen molar-refractivity contribution in [3.05, 3.63) is 41.5 Å². The van der Waals surface area contributed by atoms with E-state index < -0.39 is 0 Å². The van der Waals surface area contributed by atoms with Gasteiger partial charge < -0.3 is 19.9 Å². The number of ether oxygens (including phenoxy) is 1. The number of nitrogens with one attached hydrogen (secondary N) is 2. The molecule has 1 unspecified atom stereocenters. The molecule has 3 rings (SSSR count). The molecule has 9 heteroatoms. The zero-order valence-electron chi connectivity index (χ0n) is 19.1. The van der Waals surface area contributed by atoms with Crippen molar-refractivity contribution >= 4 is 29.9 Å². The Kier molecular flexibility index (Phi) is 10.5. The minimum atomic E-state index is 0. The Labute approximate surface area is 202 Å². The maximum absolute atomic E-state index is 5.23. The van der Waals surface area contributed by atoms with Crippen molar-refractivity contribution in [2.75, 3.05) is 33.3 Å². The van der Waals surface area contributed by atoms with Gasteiger partial charge in [0.25, 0.3) is 0 Å². The summed E-state index contributed by atoms with van der Waals surface area (Å²) in [5, 5.41) is 15.4. The van der Waals surface area contributed by atoms with Crippen LogP contribution in [0, 0.1) is 6.92 Å². The number of halogens is 1. The topological polar surface area (TPSA) is 79.6 Å². The standard InChI is InChI=1S/C22H35N7O.HI/c1-5-29-14-6-7-19(29)15-24-22(25-16-21-27-26-17(2)28(21)3)23-13-12-18-8-10-20(30-4)11-9-18;/h8-11,19H,5-7,12-16H2,1-4H3,(H2,23,24,25);1H. The van der Waals surface area contributed by atoms with Gasteiger partial charge in [0.15, 0.2) is 11.8 Å². The number of benzene rings is 1. The van der Waals surface area contributed by atoms with E-state index in [-0.39, 0.29) is 24.0 Å².